The Morgan fingerprint density at radius 1 is 1.23 bits per heavy atom. The van der Waals surface area contributed by atoms with E-state index in [9.17, 15) is 14.0 Å². The number of halogens is 2. The van der Waals surface area contributed by atoms with E-state index in [1.165, 1.54) is 29.4 Å². The molecule has 2 heterocycles. The molecule has 0 radical (unpaired) electrons. The summed E-state index contributed by atoms with van der Waals surface area (Å²) in [6, 6.07) is 8.11. The Hall–Kier alpha value is -3.52. The molecule has 0 saturated heterocycles. The van der Waals surface area contributed by atoms with Crippen molar-refractivity contribution in [2.75, 3.05) is 5.32 Å². The Morgan fingerprint density at radius 3 is 2.73 bits per heavy atom. The Labute approximate surface area is 175 Å². The van der Waals surface area contributed by atoms with Gasteiger partial charge in [0.25, 0.3) is 5.56 Å². The number of anilines is 1. The quantitative estimate of drug-likeness (QED) is 0.524. The van der Waals surface area contributed by atoms with Gasteiger partial charge in [-0.3, -0.25) is 14.2 Å². The van der Waals surface area contributed by atoms with Gasteiger partial charge in [-0.25, -0.2) is 14.4 Å². The van der Waals surface area contributed by atoms with Gasteiger partial charge in [-0.05, 0) is 50.2 Å². The number of carbonyl (C=O) groups is 1. The van der Waals surface area contributed by atoms with Gasteiger partial charge >= 0.3 is 0 Å². The number of carbonyl (C=O) groups excluding carboxylic acids is 1. The van der Waals surface area contributed by atoms with E-state index in [0.717, 1.165) is 0 Å². The molecule has 2 aromatic carbocycles. The molecule has 0 bridgehead atoms. The van der Waals surface area contributed by atoms with Crippen LogP contribution in [0, 0.1) is 12.7 Å². The fourth-order valence-corrected chi connectivity index (χ4v) is 3.27. The van der Waals surface area contributed by atoms with Crippen LogP contribution in [0.25, 0.3) is 22.2 Å². The van der Waals surface area contributed by atoms with E-state index in [4.69, 9.17) is 16.0 Å². The van der Waals surface area contributed by atoms with Crippen LogP contribution < -0.4 is 10.9 Å². The highest BCUT2D eigenvalue weighted by atomic mass is 35.5. The van der Waals surface area contributed by atoms with Crippen molar-refractivity contribution in [3.8, 4) is 11.3 Å². The van der Waals surface area contributed by atoms with Gasteiger partial charge in [-0.1, -0.05) is 11.6 Å². The van der Waals surface area contributed by atoms with E-state index in [2.05, 4.69) is 15.3 Å². The van der Waals surface area contributed by atoms with Crippen LogP contribution in [-0.4, -0.2) is 20.4 Å². The van der Waals surface area contributed by atoms with Gasteiger partial charge in [0.1, 0.15) is 23.3 Å². The zero-order valence-corrected chi connectivity index (χ0v) is 16.8. The van der Waals surface area contributed by atoms with Crippen molar-refractivity contribution in [1.29, 1.82) is 0 Å². The summed E-state index contributed by atoms with van der Waals surface area (Å²) in [6.45, 7) is 3.24. The number of oxazole rings is 1. The molecule has 9 heteroatoms. The van der Waals surface area contributed by atoms with Gasteiger partial charge < -0.3 is 9.73 Å². The Kier molecular flexibility index (Phi) is 5.09. The second-order valence-corrected chi connectivity index (χ2v) is 7.17. The van der Waals surface area contributed by atoms with Gasteiger partial charge in [0, 0.05) is 16.3 Å². The molecule has 1 N–H and O–H groups in total. The fourth-order valence-electron chi connectivity index (χ4n) is 3.11. The first-order valence-electron chi connectivity index (χ1n) is 9.02. The molecule has 4 aromatic rings. The summed E-state index contributed by atoms with van der Waals surface area (Å²) in [7, 11) is 0. The predicted octanol–water partition coefficient (Wildman–Crippen LogP) is 4.35. The van der Waals surface area contributed by atoms with Gasteiger partial charge in [0.05, 0.1) is 17.2 Å². The molecule has 0 spiro atoms. The fraction of sp³-hybridized carbons (Fsp3) is 0.143. The van der Waals surface area contributed by atoms with Crippen LogP contribution in [-0.2, 0) is 4.79 Å². The molecule has 30 heavy (non-hydrogen) atoms. The summed E-state index contributed by atoms with van der Waals surface area (Å²) < 4.78 is 20.9. The zero-order chi connectivity index (χ0) is 21.4. The first kappa shape index (κ1) is 19.8. The van der Waals surface area contributed by atoms with Crippen LogP contribution in [0.5, 0.6) is 0 Å². The second-order valence-electron chi connectivity index (χ2n) is 6.74. The van der Waals surface area contributed by atoms with Crippen LogP contribution in [0.2, 0.25) is 5.02 Å². The van der Waals surface area contributed by atoms with Crippen molar-refractivity contribution in [1.82, 2.24) is 14.5 Å². The number of hydrogen-bond acceptors (Lipinski definition) is 5. The summed E-state index contributed by atoms with van der Waals surface area (Å²) in [4.78, 5) is 33.6. The minimum absolute atomic E-state index is 0.253. The van der Waals surface area contributed by atoms with Crippen molar-refractivity contribution in [2.24, 2.45) is 0 Å². The number of benzene rings is 2. The molecule has 0 fully saturated rings. The normalized spacial score (nSPS) is 12.1. The predicted molar refractivity (Wildman–Crippen MR) is 111 cm³/mol. The van der Waals surface area contributed by atoms with E-state index in [-0.39, 0.29) is 16.8 Å². The standard InChI is InChI=1S/C21H16ClFN4O3/c1-11(27-9-24-18-7-13(22)3-5-16(18)21(27)29)20(28)26-14-4-6-15(17(23)8-14)19-12(2)30-10-25-19/h3-11H,1-2H3,(H,26,28)/t11-/m1/s1. The maximum atomic E-state index is 14.5. The Morgan fingerprint density at radius 2 is 2.03 bits per heavy atom. The molecule has 0 aliphatic carbocycles. The lowest BCUT2D eigenvalue weighted by atomic mass is 10.1. The van der Waals surface area contributed by atoms with Crippen LogP contribution >= 0.6 is 11.6 Å². The van der Waals surface area contributed by atoms with Crippen molar-refractivity contribution in [3.05, 3.63) is 76.1 Å². The third kappa shape index (κ3) is 3.57. The summed E-state index contributed by atoms with van der Waals surface area (Å²) in [5.41, 5.74) is 0.982. The van der Waals surface area contributed by atoms with Crippen molar-refractivity contribution < 1.29 is 13.6 Å². The van der Waals surface area contributed by atoms with E-state index in [1.54, 1.807) is 38.1 Å². The topological polar surface area (TPSA) is 90.0 Å². The molecule has 0 aliphatic rings. The second kappa shape index (κ2) is 7.72. The summed E-state index contributed by atoms with van der Waals surface area (Å²) in [5.74, 6) is -0.556. The van der Waals surface area contributed by atoms with Crippen LogP contribution in [0.1, 0.15) is 18.7 Å². The molecule has 0 unspecified atom stereocenters. The van der Waals surface area contributed by atoms with Crippen LogP contribution in [0.4, 0.5) is 10.1 Å². The number of fused-ring (bicyclic) bond motifs is 1. The number of nitrogens with zero attached hydrogens (tertiary/aromatic N) is 3. The number of aromatic nitrogens is 3. The molecule has 4 rings (SSSR count). The maximum absolute atomic E-state index is 14.5. The SMILES string of the molecule is Cc1ocnc1-c1ccc(NC(=O)[C@@H](C)n2cnc3cc(Cl)ccc3c2=O)cc1F. The zero-order valence-electron chi connectivity index (χ0n) is 16.0. The molecular formula is C21H16ClFN4O3. The van der Waals surface area contributed by atoms with Gasteiger partial charge in [0.15, 0.2) is 6.39 Å². The van der Waals surface area contributed by atoms with Crippen molar-refractivity contribution >= 4 is 34.1 Å². The van der Waals surface area contributed by atoms with E-state index in [0.29, 0.717) is 27.4 Å². The smallest absolute Gasteiger partial charge is 0.261 e. The average Bonchev–Trinajstić information content (AvgIpc) is 3.13. The molecule has 1 atom stereocenters. The number of amides is 1. The summed E-state index contributed by atoms with van der Waals surface area (Å²) in [5, 5.41) is 3.43. The molecule has 0 aliphatic heterocycles. The third-order valence-electron chi connectivity index (χ3n) is 4.78. The van der Waals surface area contributed by atoms with Gasteiger partial charge in [-0.2, -0.15) is 0 Å². The van der Waals surface area contributed by atoms with Crippen LogP contribution in [0.15, 0.2) is 58.3 Å². The highest BCUT2D eigenvalue weighted by Crippen LogP contribution is 2.27. The van der Waals surface area contributed by atoms with E-state index < -0.39 is 17.8 Å². The van der Waals surface area contributed by atoms with E-state index >= 15 is 0 Å². The molecule has 152 valence electrons. The maximum Gasteiger partial charge on any atom is 0.261 e. The molecule has 2 aromatic heterocycles. The molecular weight excluding hydrogens is 411 g/mol. The first-order valence-corrected chi connectivity index (χ1v) is 9.40. The Bertz CT molecular complexity index is 1330. The number of aryl methyl sites for hydroxylation is 1. The minimum atomic E-state index is -0.870. The average molecular weight is 427 g/mol. The number of rotatable bonds is 4. The molecule has 1 amide bonds. The lowest BCUT2D eigenvalue weighted by molar-refractivity contribution is -0.118. The number of nitrogens with one attached hydrogen (secondary N) is 1. The minimum Gasteiger partial charge on any atom is -0.448 e. The monoisotopic (exact) mass is 426 g/mol. The van der Waals surface area contributed by atoms with Crippen LogP contribution in [0.3, 0.4) is 0 Å². The highest BCUT2D eigenvalue weighted by Gasteiger charge is 2.19. The lowest BCUT2D eigenvalue weighted by Gasteiger charge is -2.15. The van der Waals surface area contributed by atoms with Crippen molar-refractivity contribution in [3.63, 3.8) is 0 Å². The molecule has 7 nitrogen and oxygen atoms in total. The van der Waals surface area contributed by atoms with Gasteiger partial charge in [-0.15, -0.1) is 0 Å². The lowest BCUT2D eigenvalue weighted by Crippen LogP contribution is -2.31. The highest BCUT2D eigenvalue weighted by molar-refractivity contribution is 6.31. The third-order valence-corrected chi connectivity index (χ3v) is 5.01. The largest absolute Gasteiger partial charge is 0.448 e. The van der Waals surface area contributed by atoms with Crippen molar-refractivity contribution in [2.45, 2.75) is 19.9 Å². The first-order chi connectivity index (χ1) is 14.3. The Balaban J connectivity index is 1.58. The van der Waals surface area contributed by atoms with E-state index in [1.807, 2.05) is 0 Å². The van der Waals surface area contributed by atoms with Gasteiger partial charge in [0.2, 0.25) is 5.91 Å². The summed E-state index contributed by atoms with van der Waals surface area (Å²) in [6.07, 6.45) is 2.53. The molecule has 0 saturated carbocycles. The summed E-state index contributed by atoms with van der Waals surface area (Å²) >= 11 is 5.93. The number of hydrogen-bond donors (Lipinski definition) is 1.